The first-order valence-corrected chi connectivity index (χ1v) is 9.27. The highest BCUT2D eigenvalue weighted by atomic mass is 32.2. The lowest BCUT2D eigenvalue weighted by molar-refractivity contribution is -0.117. The number of carbonyl (C=O) groups is 1. The zero-order valence-electron chi connectivity index (χ0n) is 13.0. The van der Waals surface area contributed by atoms with Crippen molar-refractivity contribution in [3.63, 3.8) is 0 Å². The molecule has 1 saturated heterocycles. The molecule has 1 heterocycles. The van der Waals surface area contributed by atoms with Gasteiger partial charge in [-0.3, -0.25) is 9.69 Å². The van der Waals surface area contributed by atoms with Crippen LogP contribution >= 0.6 is 0 Å². The van der Waals surface area contributed by atoms with E-state index in [4.69, 9.17) is 0 Å². The number of rotatable bonds is 5. The molecule has 22 heavy (non-hydrogen) atoms. The first-order valence-electron chi connectivity index (χ1n) is 7.38. The predicted octanol–water partition coefficient (Wildman–Crippen LogP) is 0.712. The number of nitrogens with zero attached hydrogens (tertiary/aromatic N) is 1. The zero-order valence-corrected chi connectivity index (χ0v) is 13.8. The van der Waals surface area contributed by atoms with Gasteiger partial charge in [0.25, 0.3) is 0 Å². The molecular formula is C15H23N3O3S. The van der Waals surface area contributed by atoms with Crippen molar-refractivity contribution in [1.29, 1.82) is 0 Å². The molecule has 7 heteroatoms. The number of carbonyl (C=O) groups excluding carboxylic acids is 1. The van der Waals surface area contributed by atoms with E-state index in [1.807, 2.05) is 7.05 Å². The minimum atomic E-state index is -3.21. The molecular weight excluding hydrogens is 302 g/mol. The second kappa shape index (κ2) is 7.21. The van der Waals surface area contributed by atoms with Crippen LogP contribution in [0, 0.1) is 0 Å². The van der Waals surface area contributed by atoms with Gasteiger partial charge in [-0.2, -0.15) is 0 Å². The molecule has 1 amide bonds. The summed E-state index contributed by atoms with van der Waals surface area (Å²) in [5.74, 6) is -0.0798. The van der Waals surface area contributed by atoms with E-state index in [1.54, 1.807) is 12.1 Å². The van der Waals surface area contributed by atoms with Crippen LogP contribution in [-0.4, -0.2) is 58.2 Å². The standard InChI is InChI=1S/C15H23N3O3S/c1-16-13-4-3-9-18(10-13)11-15(19)17-12-5-7-14(8-6-12)22(2,20)21/h5-8,13,16H,3-4,9-11H2,1-2H3,(H,17,19). The molecule has 1 aromatic rings. The third-order valence-electron chi connectivity index (χ3n) is 3.85. The molecule has 0 radical (unpaired) electrons. The van der Waals surface area contributed by atoms with Crippen molar-refractivity contribution in [2.24, 2.45) is 0 Å². The Morgan fingerprint density at radius 2 is 2.00 bits per heavy atom. The Labute approximate surface area is 131 Å². The lowest BCUT2D eigenvalue weighted by atomic mass is 10.1. The van der Waals surface area contributed by atoms with E-state index < -0.39 is 9.84 Å². The number of benzene rings is 1. The highest BCUT2D eigenvalue weighted by Crippen LogP contribution is 2.14. The summed E-state index contributed by atoms with van der Waals surface area (Å²) in [6.07, 6.45) is 3.39. The molecule has 0 spiro atoms. The van der Waals surface area contributed by atoms with Crippen molar-refractivity contribution in [1.82, 2.24) is 10.2 Å². The van der Waals surface area contributed by atoms with Gasteiger partial charge < -0.3 is 10.6 Å². The van der Waals surface area contributed by atoms with Gasteiger partial charge in [0.05, 0.1) is 11.4 Å². The lowest BCUT2D eigenvalue weighted by Crippen LogP contribution is -2.46. The Kier molecular flexibility index (Phi) is 5.55. The number of hydrogen-bond donors (Lipinski definition) is 2. The number of nitrogens with one attached hydrogen (secondary N) is 2. The summed E-state index contributed by atoms with van der Waals surface area (Å²) in [6, 6.07) is 6.67. The van der Waals surface area contributed by atoms with Gasteiger partial charge in [-0.1, -0.05) is 0 Å². The topological polar surface area (TPSA) is 78.5 Å². The molecule has 0 aromatic heterocycles. The number of sulfone groups is 1. The van der Waals surface area contributed by atoms with Gasteiger partial charge in [0, 0.05) is 24.5 Å². The summed E-state index contributed by atoms with van der Waals surface area (Å²) < 4.78 is 22.8. The molecule has 1 aliphatic heterocycles. The van der Waals surface area contributed by atoms with Crippen molar-refractivity contribution < 1.29 is 13.2 Å². The number of likely N-dealkylation sites (N-methyl/N-ethyl adjacent to an activating group) is 1. The Balaban J connectivity index is 1.89. The van der Waals surface area contributed by atoms with Crippen molar-refractivity contribution in [2.45, 2.75) is 23.8 Å². The number of hydrogen-bond acceptors (Lipinski definition) is 5. The lowest BCUT2D eigenvalue weighted by Gasteiger charge is -2.31. The van der Waals surface area contributed by atoms with Crippen molar-refractivity contribution in [3.05, 3.63) is 24.3 Å². The summed E-state index contributed by atoms with van der Waals surface area (Å²) in [5.41, 5.74) is 0.611. The molecule has 0 bridgehead atoms. The summed E-state index contributed by atoms with van der Waals surface area (Å²) >= 11 is 0. The van der Waals surface area contributed by atoms with Crippen LogP contribution in [0.4, 0.5) is 5.69 Å². The molecule has 1 aliphatic rings. The molecule has 6 nitrogen and oxygen atoms in total. The third-order valence-corrected chi connectivity index (χ3v) is 4.98. The van der Waals surface area contributed by atoms with Gasteiger partial charge >= 0.3 is 0 Å². The van der Waals surface area contributed by atoms with Crippen LogP contribution in [0.1, 0.15) is 12.8 Å². The maximum atomic E-state index is 12.1. The Bertz CT molecular complexity index is 613. The Morgan fingerprint density at radius 3 is 2.59 bits per heavy atom. The molecule has 0 aliphatic carbocycles. The molecule has 0 saturated carbocycles. The second-order valence-electron chi connectivity index (χ2n) is 5.71. The van der Waals surface area contributed by atoms with Crippen LogP contribution in [0.3, 0.4) is 0 Å². The van der Waals surface area contributed by atoms with Crippen LogP contribution in [0.5, 0.6) is 0 Å². The van der Waals surface area contributed by atoms with Crippen molar-refractivity contribution in [3.8, 4) is 0 Å². The van der Waals surface area contributed by atoms with Crippen LogP contribution in [-0.2, 0) is 14.6 Å². The molecule has 122 valence electrons. The highest BCUT2D eigenvalue weighted by Gasteiger charge is 2.20. The van der Waals surface area contributed by atoms with E-state index in [-0.39, 0.29) is 10.8 Å². The molecule has 1 aromatic carbocycles. The molecule has 2 N–H and O–H groups in total. The molecule has 1 unspecified atom stereocenters. The fourth-order valence-corrected chi connectivity index (χ4v) is 3.25. The van der Waals surface area contributed by atoms with Gasteiger partial charge in [0.1, 0.15) is 0 Å². The number of anilines is 1. The van der Waals surface area contributed by atoms with Gasteiger partial charge in [-0.15, -0.1) is 0 Å². The van der Waals surface area contributed by atoms with Crippen LogP contribution in [0.2, 0.25) is 0 Å². The average Bonchev–Trinajstić information content (AvgIpc) is 2.47. The fraction of sp³-hybridized carbons (Fsp3) is 0.533. The summed E-state index contributed by atoms with van der Waals surface area (Å²) in [5, 5.41) is 6.05. The van der Waals surface area contributed by atoms with Gasteiger partial charge in [-0.05, 0) is 50.7 Å². The second-order valence-corrected chi connectivity index (χ2v) is 7.72. The number of piperidine rings is 1. The summed E-state index contributed by atoms with van der Waals surface area (Å²) in [6.45, 7) is 2.15. The van der Waals surface area contributed by atoms with Gasteiger partial charge in [-0.25, -0.2) is 8.42 Å². The fourth-order valence-electron chi connectivity index (χ4n) is 2.62. The Morgan fingerprint density at radius 1 is 1.32 bits per heavy atom. The van der Waals surface area contributed by atoms with E-state index in [0.29, 0.717) is 18.3 Å². The molecule has 1 fully saturated rings. The summed E-state index contributed by atoms with van der Waals surface area (Å²) in [7, 11) is -1.27. The van der Waals surface area contributed by atoms with E-state index >= 15 is 0 Å². The quantitative estimate of drug-likeness (QED) is 0.834. The summed E-state index contributed by atoms with van der Waals surface area (Å²) in [4.78, 5) is 14.4. The van der Waals surface area contributed by atoms with Crippen molar-refractivity contribution >= 4 is 21.4 Å². The highest BCUT2D eigenvalue weighted by molar-refractivity contribution is 7.90. The largest absolute Gasteiger partial charge is 0.325 e. The van der Waals surface area contributed by atoms with Crippen molar-refractivity contribution in [2.75, 3.05) is 38.3 Å². The monoisotopic (exact) mass is 325 g/mol. The zero-order chi connectivity index (χ0) is 16.2. The van der Waals surface area contributed by atoms with Crippen LogP contribution < -0.4 is 10.6 Å². The molecule has 1 atom stereocenters. The normalized spacial score (nSPS) is 19.8. The minimum absolute atomic E-state index is 0.0798. The first-order chi connectivity index (χ1) is 10.4. The SMILES string of the molecule is CNC1CCCN(CC(=O)Nc2ccc(S(C)(=O)=O)cc2)C1. The van der Waals surface area contributed by atoms with E-state index in [1.165, 1.54) is 12.1 Å². The van der Waals surface area contributed by atoms with E-state index in [0.717, 1.165) is 32.2 Å². The van der Waals surface area contributed by atoms with E-state index in [9.17, 15) is 13.2 Å². The van der Waals surface area contributed by atoms with Gasteiger partial charge in [0.15, 0.2) is 9.84 Å². The molecule has 2 rings (SSSR count). The maximum absolute atomic E-state index is 12.1. The third kappa shape index (κ3) is 4.79. The average molecular weight is 325 g/mol. The maximum Gasteiger partial charge on any atom is 0.238 e. The Hall–Kier alpha value is -1.44. The predicted molar refractivity (Wildman–Crippen MR) is 86.7 cm³/mol. The van der Waals surface area contributed by atoms with Crippen LogP contribution in [0.25, 0.3) is 0 Å². The minimum Gasteiger partial charge on any atom is -0.325 e. The smallest absolute Gasteiger partial charge is 0.238 e. The van der Waals surface area contributed by atoms with Crippen LogP contribution in [0.15, 0.2) is 29.2 Å². The number of likely N-dealkylation sites (tertiary alicyclic amines) is 1. The first kappa shape index (κ1) is 16.9. The van der Waals surface area contributed by atoms with Gasteiger partial charge in [0.2, 0.25) is 5.91 Å². The van der Waals surface area contributed by atoms with E-state index in [2.05, 4.69) is 15.5 Å². The number of amides is 1.